The molecular formula is C27H32ClN5O4S. The van der Waals surface area contributed by atoms with Crippen LogP contribution in [-0.4, -0.2) is 96.6 Å². The van der Waals surface area contributed by atoms with Gasteiger partial charge in [-0.2, -0.15) is 0 Å². The van der Waals surface area contributed by atoms with Crippen molar-refractivity contribution in [1.82, 2.24) is 14.7 Å². The SMILES string of the molecule is CCOC(=O)c1ccc(N2C(=O)[C@@H](CC(=O)Nc3ccc(Cl)cc3)N(CCN3CCN(C)CC3)C2=S)cc1. The smallest absolute Gasteiger partial charge is 0.338 e. The van der Waals surface area contributed by atoms with Crippen molar-refractivity contribution in [2.75, 3.05) is 63.1 Å². The van der Waals surface area contributed by atoms with Crippen LogP contribution in [0.5, 0.6) is 0 Å². The van der Waals surface area contributed by atoms with Gasteiger partial charge in [0.25, 0.3) is 5.91 Å². The second-order valence-corrected chi connectivity index (χ2v) is 10.1. The van der Waals surface area contributed by atoms with Crippen LogP contribution in [0, 0.1) is 0 Å². The van der Waals surface area contributed by atoms with Gasteiger partial charge >= 0.3 is 5.97 Å². The Bertz CT molecular complexity index is 1170. The van der Waals surface area contributed by atoms with Crippen LogP contribution < -0.4 is 10.2 Å². The minimum absolute atomic E-state index is 0.0538. The lowest BCUT2D eigenvalue weighted by Crippen LogP contribution is -2.48. The molecule has 0 radical (unpaired) electrons. The molecule has 4 rings (SSSR count). The third-order valence-electron chi connectivity index (χ3n) is 6.72. The van der Waals surface area contributed by atoms with Crippen molar-refractivity contribution in [2.24, 2.45) is 0 Å². The van der Waals surface area contributed by atoms with Gasteiger partial charge in [-0.25, -0.2) is 4.79 Å². The standard InChI is InChI=1S/C27H32ClN5O4S/c1-3-37-26(36)19-4-10-22(11-5-19)33-25(35)23(18-24(34)29-21-8-6-20(28)7-9-21)32(27(33)38)17-16-31-14-12-30(2)13-15-31/h4-11,23H,3,12-18H2,1-2H3,(H,29,34)/t23-/m1/s1. The third kappa shape index (κ3) is 6.68. The summed E-state index contributed by atoms with van der Waals surface area (Å²) in [6, 6.07) is 12.6. The Morgan fingerprint density at radius 2 is 1.68 bits per heavy atom. The first-order valence-electron chi connectivity index (χ1n) is 12.6. The van der Waals surface area contributed by atoms with Crippen molar-refractivity contribution in [3.8, 4) is 0 Å². The predicted molar refractivity (Wildman–Crippen MR) is 152 cm³/mol. The zero-order valence-electron chi connectivity index (χ0n) is 21.6. The van der Waals surface area contributed by atoms with E-state index in [1.165, 1.54) is 4.90 Å². The molecule has 2 fully saturated rings. The Kier molecular flexibility index (Phi) is 9.32. The molecule has 9 nitrogen and oxygen atoms in total. The van der Waals surface area contributed by atoms with Crippen molar-refractivity contribution >= 4 is 58.1 Å². The average molecular weight is 558 g/mol. The van der Waals surface area contributed by atoms with Crippen LogP contribution >= 0.6 is 23.8 Å². The lowest BCUT2D eigenvalue weighted by molar-refractivity contribution is -0.124. The Morgan fingerprint density at radius 1 is 1.03 bits per heavy atom. The van der Waals surface area contributed by atoms with Crippen molar-refractivity contribution in [3.05, 3.63) is 59.1 Å². The maximum Gasteiger partial charge on any atom is 0.338 e. The van der Waals surface area contributed by atoms with E-state index in [1.807, 2.05) is 4.90 Å². The number of hydrogen-bond acceptors (Lipinski definition) is 7. The minimum Gasteiger partial charge on any atom is -0.462 e. The van der Waals surface area contributed by atoms with Gasteiger partial charge < -0.3 is 19.9 Å². The number of piperazine rings is 1. The largest absolute Gasteiger partial charge is 0.462 e. The summed E-state index contributed by atoms with van der Waals surface area (Å²) in [6.07, 6.45) is -0.0538. The normalized spacial score (nSPS) is 18.7. The molecule has 2 amide bonds. The molecule has 2 aromatic rings. The first kappa shape index (κ1) is 28.0. The van der Waals surface area contributed by atoms with Gasteiger partial charge in [0.2, 0.25) is 5.91 Å². The highest BCUT2D eigenvalue weighted by Gasteiger charge is 2.44. The number of carbonyl (C=O) groups excluding carboxylic acids is 3. The maximum atomic E-state index is 13.7. The molecule has 0 spiro atoms. The van der Waals surface area contributed by atoms with Gasteiger partial charge in [0.05, 0.1) is 24.3 Å². The van der Waals surface area contributed by atoms with E-state index >= 15 is 0 Å². The number of hydrogen-bond donors (Lipinski definition) is 1. The number of thiocarbonyl (C=S) groups is 1. The molecule has 0 aliphatic carbocycles. The van der Waals surface area contributed by atoms with Gasteiger partial charge in [0, 0.05) is 50.0 Å². The van der Waals surface area contributed by atoms with E-state index in [2.05, 4.69) is 22.2 Å². The fraction of sp³-hybridized carbons (Fsp3) is 0.407. The molecule has 11 heteroatoms. The van der Waals surface area contributed by atoms with E-state index in [4.69, 9.17) is 28.6 Å². The van der Waals surface area contributed by atoms with Crippen molar-refractivity contribution in [3.63, 3.8) is 0 Å². The van der Waals surface area contributed by atoms with Crippen LogP contribution in [0.1, 0.15) is 23.7 Å². The molecular weight excluding hydrogens is 526 g/mol. The topological polar surface area (TPSA) is 85.4 Å². The van der Waals surface area contributed by atoms with Gasteiger partial charge in [-0.05, 0) is 74.7 Å². The Hall–Kier alpha value is -3.05. The number of likely N-dealkylation sites (N-methyl/N-ethyl adjacent to an activating group) is 1. The van der Waals surface area contributed by atoms with Crippen LogP contribution in [0.15, 0.2) is 48.5 Å². The molecule has 0 saturated carbocycles. The summed E-state index contributed by atoms with van der Waals surface area (Å²) in [5.41, 5.74) is 1.53. The number of benzene rings is 2. The molecule has 0 unspecified atom stereocenters. The highest BCUT2D eigenvalue weighted by molar-refractivity contribution is 7.80. The second kappa shape index (κ2) is 12.7. The highest BCUT2D eigenvalue weighted by atomic mass is 35.5. The maximum absolute atomic E-state index is 13.7. The van der Waals surface area contributed by atoms with E-state index in [0.717, 1.165) is 32.7 Å². The van der Waals surface area contributed by atoms with E-state index in [0.29, 0.717) is 33.6 Å². The number of rotatable bonds is 9. The molecule has 1 atom stereocenters. The number of esters is 1. The molecule has 2 aliphatic rings. The molecule has 2 aliphatic heterocycles. The van der Waals surface area contributed by atoms with E-state index < -0.39 is 12.0 Å². The Balaban J connectivity index is 1.51. The number of halogens is 1. The fourth-order valence-electron chi connectivity index (χ4n) is 4.53. The number of anilines is 2. The Morgan fingerprint density at radius 3 is 2.32 bits per heavy atom. The fourth-order valence-corrected chi connectivity index (χ4v) is 5.07. The van der Waals surface area contributed by atoms with Gasteiger partial charge in [-0.3, -0.25) is 19.4 Å². The van der Waals surface area contributed by atoms with Gasteiger partial charge in [0.1, 0.15) is 6.04 Å². The second-order valence-electron chi connectivity index (χ2n) is 9.34. The number of nitrogens with zero attached hydrogens (tertiary/aromatic N) is 4. The average Bonchev–Trinajstić information content (AvgIpc) is 3.13. The number of ether oxygens (including phenoxy) is 1. The first-order valence-corrected chi connectivity index (χ1v) is 13.4. The van der Waals surface area contributed by atoms with Gasteiger partial charge in [-0.1, -0.05) is 11.6 Å². The summed E-state index contributed by atoms with van der Waals surface area (Å²) in [5.74, 6) is -0.999. The van der Waals surface area contributed by atoms with Crippen molar-refractivity contribution in [2.45, 2.75) is 19.4 Å². The van der Waals surface area contributed by atoms with Crippen LogP contribution in [0.25, 0.3) is 0 Å². The summed E-state index contributed by atoms with van der Waals surface area (Å²) >= 11 is 11.7. The molecule has 0 aromatic heterocycles. The summed E-state index contributed by atoms with van der Waals surface area (Å²) in [4.78, 5) is 46.6. The Labute approximate surface area is 233 Å². The summed E-state index contributed by atoms with van der Waals surface area (Å²) in [5, 5.41) is 3.76. The van der Waals surface area contributed by atoms with E-state index in [-0.39, 0.29) is 24.8 Å². The van der Waals surface area contributed by atoms with Crippen molar-refractivity contribution in [1.29, 1.82) is 0 Å². The number of carbonyl (C=O) groups is 3. The first-order chi connectivity index (χ1) is 18.3. The van der Waals surface area contributed by atoms with Crippen LogP contribution in [0.4, 0.5) is 11.4 Å². The van der Waals surface area contributed by atoms with Crippen LogP contribution in [-0.2, 0) is 14.3 Å². The molecule has 1 N–H and O–H groups in total. The molecule has 2 aromatic carbocycles. The highest BCUT2D eigenvalue weighted by Crippen LogP contribution is 2.28. The quantitative estimate of drug-likeness (QED) is 0.372. The summed E-state index contributed by atoms with van der Waals surface area (Å²) < 4.78 is 5.05. The summed E-state index contributed by atoms with van der Waals surface area (Å²) in [7, 11) is 2.10. The zero-order valence-corrected chi connectivity index (χ0v) is 23.1. The van der Waals surface area contributed by atoms with Crippen molar-refractivity contribution < 1.29 is 19.1 Å². The molecule has 0 bridgehead atoms. The van der Waals surface area contributed by atoms with Crippen LogP contribution in [0.3, 0.4) is 0 Å². The van der Waals surface area contributed by atoms with E-state index in [1.54, 1.807) is 55.5 Å². The third-order valence-corrected chi connectivity index (χ3v) is 7.38. The van der Waals surface area contributed by atoms with E-state index in [9.17, 15) is 14.4 Å². The van der Waals surface area contributed by atoms with Gasteiger partial charge in [-0.15, -0.1) is 0 Å². The summed E-state index contributed by atoms with van der Waals surface area (Å²) in [6.45, 7) is 7.10. The van der Waals surface area contributed by atoms with Crippen LogP contribution in [0.2, 0.25) is 5.02 Å². The monoisotopic (exact) mass is 557 g/mol. The molecule has 202 valence electrons. The number of amides is 2. The lowest BCUT2D eigenvalue weighted by Gasteiger charge is -2.34. The lowest BCUT2D eigenvalue weighted by atomic mass is 10.1. The van der Waals surface area contributed by atoms with Gasteiger partial charge in [0.15, 0.2) is 5.11 Å². The molecule has 2 saturated heterocycles. The molecule has 2 heterocycles. The zero-order chi connectivity index (χ0) is 27.2. The number of nitrogens with one attached hydrogen (secondary N) is 1. The predicted octanol–water partition coefficient (Wildman–Crippen LogP) is 3.10. The minimum atomic E-state index is -0.744. The molecule has 38 heavy (non-hydrogen) atoms.